The topological polar surface area (TPSA) is 38.1 Å². The van der Waals surface area contributed by atoms with E-state index in [4.69, 9.17) is 0 Å². The van der Waals surface area contributed by atoms with Crippen molar-refractivity contribution in [1.29, 1.82) is 0 Å². The van der Waals surface area contributed by atoms with Crippen LogP contribution in [-0.2, 0) is 11.3 Å². The number of thioether (sulfide) groups is 1. The lowest BCUT2D eigenvalue weighted by Gasteiger charge is -2.21. The van der Waals surface area contributed by atoms with Crippen LogP contribution >= 0.6 is 11.8 Å². The Morgan fingerprint density at radius 1 is 1.32 bits per heavy atom. The summed E-state index contributed by atoms with van der Waals surface area (Å²) in [5.74, 6) is 0.950. The van der Waals surface area contributed by atoms with Gasteiger partial charge in [0.05, 0.1) is 11.4 Å². The molecule has 2 aromatic rings. The molecule has 0 atom stereocenters. The quantitative estimate of drug-likeness (QED) is 0.517. The van der Waals surface area contributed by atoms with Gasteiger partial charge in [0.25, 0.3) is 0 Å². The summed E-state index contributed by atoms with van der Waals surface area (Å²) < 4.78 is 2.22. The third-order valence-electron chi connectivity index (χ3n) is 3.98. The Labute approximate surface area is 154 Å². The van der Waals surface area contributed by atoms with Crippen molar-refractivity contribution in [3.63, 3.8) is 0 Å². The molecule has 1 heterocycles. The van der Waals surface area contributed by atoms with Crippen LogP contribution in [-0.4, -0.2) is 27.8 Å². The van der Waals surface area contributed by atoms with Crippen LogP contribution < -0.4 is 4.90 Å². The number of rotatable bonds is 8. The fraction of sp³-hybridized carbons (Fsp3) is 0.400. The lowest BCUT2D eigenvalue weighted by molar-refractivity contribution is -0.116. The van der Waals surface area contributed by atoms with Gasteiger partial charge in [-0.1, -0.05) is 49.9 Å². The summed E-state index contributed by atoms with van der Waals surface area (Å²) in [5, 5.41) is 0.920. The number of amides is 1. The molecule has 2 rings (SSSR count). The van der Waals surface area contributed by atoms with E-state index in [0.717, 1.165) is 23.1 Å². The standard InChI is InChI=1S/C20H27N3OS/c1-6-12-22(18-10-8-7-9-11-18)19(24)14-25-20-21-16(4)17(5)23(20)13-15(2)3/h6-11,15H,1,12-14H2,2-5H3. The first-order chi connectivity index (χ1) is 11.9. The molecule has 0 spiro atoms. The third-order valence-corrected chi connectivity index (χ3v) is 4.94. The zero-order valence-electron chi connectivity index (χ0n) is 15.5. The average Bonchev–Trinajstić information content (AvgIpc) is 2.85. The van der Waals surface area contributed by atoms with Crippen LogP contribution in [0.15, 0.2) is 48.1 Å². The minimum atomic E-state index is 0.0607. The molecule has 0 bridgehead atoms. The normalized spacial score (nSPS) is 10.9. The lowest BCUT2D eigenvalue weighted by atomic mass is 10.2. The van der Waals surface area contributed by atoms with E-state index in [2.05, 4.69) is 36.9 Å². The Morgan fingerprint density at radius 2 is 2.00 bits per heavy atom. The second-order valence-corrected chi connectivity index (χ2v) is 7.43. The number of aromatic nitrogens is 2. The van der Waals surface area contributed by atoms with Crippen molar-refractivity contribution in [3.8, 4) is 0 Å². The number of hydrogen-bond acceptors (Lipinski definition) is 3. The van der Waals surface area contributed by atoms with Crippen molar-refractivity contribution in [3.05, 3.63) is 54.4 Å². The number of para-hydroxylation sites is 1. The highest BCUT2D eigenvalue weighted by Crippen LogP contribution is 2.24. The molecule has 0 fully saturated rings. The van der Waals surface area contributed by atoms with E-state index >= 15 is 0 Å². The van der Waals surface area contributed by atoms with Gasteiger partial charge in [0, 0.05) is 24.5 Å². The maximum Gasteiger partial charge on any atom is 0.237 e. The number of nitrogens with zero attached hydrogens (tertiary/aromatic N) is 3. The maximum absolute atomic E-state index is 12.8. The summed E-state index contributed by atoms with van der Waals surface area (Å²) in [6, 6.07) is 9.71. The monoisotopic (exact) mass is 357 g/mol. The van der Waals surface area contributed by atoms with Crippen molar-refractivity contribution in [2.75, 3.05) is 17.2 Å². The number of carbonyl (C=O) groups is 1. The van der Waals surface area contributed by atoms with Crippen LogP contribution in [0.1, 0.15) is 25.2 Å². The summed E-state index contributed by atoms with van der Waals surface area (Å²) in [4.78, 5) is 19.2. The lowest BCUT2D eigenvalue weighted by Crippen LogP contribution is -2.32. The highest BCUT2D eigenvalue weighted by atomic mass is 32.2. The average molecular weight is 358 g/mol. The van der Waals surface area contributed by atoms with Crippen molar-refractivity contribution >= 4 is 23.4 Å². The summed E-state index contributed by atoms with van der Waals surface area (Å²) in [6.07, 6.45) is 1.75. The van der Waals surface area contributed by atoms with Gasteiger partial charge < -0.3 is 9.47 Å². The molecular weight excluding hydrogens is 330 g/mol. The molecule has 0 aliphatic heterocycles. The van der Waals surface area contributed by atoms with Crippen LogP contribution in [0.25, 0.3) is 0 Å². The number of hydrogen-bond donors (Lipinski definition) is 0. The number of aryl methyl sites for hydroxylation is 1. The zero-order valence-corrected chi connectivity index (χ0v) is 16.3. The van der Waals surface area contributed by atoms with Gasteiger partial charge in [-0.3, -0.25) is 4.79 Å². The molecule has 0 aliphatic carbocycles. The van der Waals surface area contributed by atoms with Crippen LogP contribution in [0.4, 0.5) is 5.69 Å². The Hall–Kier alpha value is -2.01. The second-order valence-electron chi connectivity index (χ2n) is 6.49. The third kappa shape index (κ3) is 4.98. The zero-order chi connectivity index (χ0) is 18.4. The minimum absolute atomic E-state index is 0.0607. The first kappa shape index (κ1) is 19.3. The molecule has 1 aromatic carbocycles. The summed E-state index contributed by atoms with van der Waals surface area (Å²) in [6.45, 7) is 13.7. The van der Waals surface area contributed by atoms with Crippen molar-refractivity contribution < 1.29 is 4.79 Å². The Balaban J connectivity index is 2.13. The van der Waals surface area contributed by atoms with Gasteiger partial charge in [-0.15, -0.1) is 6.58 Å². The predicted octanol–water partition coefficient (Wildman–Crippen LogP) is 4.47. The molecular formula is C20H27N3OS. The highest BCUT2D eigenvalue weighted by molar-refractivity contribution is 7.99. The molecule has 0 saturated carbocycles. The van der Waals surface area contributed by atoms with E-state index in [1.807, 2.05) is 37.3 Å². The molecule has 5 heteroatoms. The van der Waals surface area contributed by atoms with E-state index in [-0.39, 0.29) is 5.91 Å². The van der Waals surface area contributed by atoms with Gasteiger partial charge in [0.1, 0.15) is 0 Å². The minimum Gasteiger partial charge on any atom is -0.323 e. The van der Waals surface area contributed by atoms with E-state index in [1.165, 1.54) is 17.5 Å². The van der Waals surface area contributed by atoms with Gasteiger partial charge in [-0.05, 0) is 31.9 Å². The van der Waals surface area contributed by atoms with Gasteiger partial charge in [-0.2, -0.15) is 0 Å². The molecule has 0 unspecified atom stereocenters. The molecule has 25 heavy (non-hydrogen) atoms. The van der Waals surface area contributed by atoms with Gasteiger partial charge in [-0.25, -0.2) is 4.98 Å². The smallest absolute Gasteiger partial charge is 0.237 e. The second kappa shape index (κ2) is 8.90. The highest BCUT2D eigenvalue weighted by Gasteiger charge is 2.18. The number of imidazole rings is 1. The largest absolute Gasteiger partial charge is 0.323 e. The summed E-state index contributed by atoms with van der Waals surface area (Å²) in [5.41, 5.74) is 3.10. The van der Waals surface area contributed by atoms with Crippen molar-refractivity contribution in [2.45, 2.75) is 39.4 Å². The Morgan fingerprint density at radius 3 is 2.60 bits per heavy atom. The van der Waals surface area contributed by atoms with E-state index in [0.29, 0.717) is 18.2 Å². The molecule has 4 nitrogen and oxygen atoms in total. The maximum atomic E-state index is 12.8. The molecule has 0 aliphatic rings. The fourth-order valence-corrected chi connectivity index (χ4v) is 3.58. The predicted molar refractivity (Wildman–Crippen MR) is 106 cm³/mol. The van der Waals surface area contributed by atoms with Gasteiger partial charge in [0.2, 0.25) is 5.91 Å². The first-order valence-electron chi connectivity index (χ1n) is 8.56. The number of benzene rings is 1. The van der Waals surface area contributed by atoms with E-state index < -0.39 is 0 Å². The fourth-order valence-electron chi connectivity index (χ4n) is 2.61. The number of carbonyl (C=O) groups excluding carboxylic acids is 1. The Bertz CT molecular complexity index is 722. The van der Waals surface area contributed by atoms with Crippen LogP contribution in [0.2, 0.25) is 0 Å². The first-order valence-corrected chi connectivity index (χ1v) is 9.55. The van der Waals surface area contributed by atoms with Gasteiger partial charge in [0.15, 0.2) is 5.16 Å². The van der Waals surface area contributed by atoms with Crippen LogP contribution in [0.5, 0.6) is 0 Å². The van der Waals surface area contributed by atoms with E-state index in [1.54, 1.807) is 11.0 Å². The van der Waals surface area contributed by atoms with E-state index in [9.17, 15) is 4.79 Å². The van der Waals surface area contributed by atoms with Crippen LogP contribution in [0.3, 0.4) is 0 Å². The molecule has 0 radical (unpaired) electrons. The molecule has 0 N–H and O–H groups in total. The van der Waals surface area contributed by atoms with Crippen LogP contribution in [0, 0.1) is 19.8 Å². The van der Waals surface area contributed by atoms with Gasteiger partial charge >= 0.3 is 0 Å². The molecule has 1 aromatic heterocycles. The molecule has 1 amide bonds. The molecule has 0 saturated heterocycles. The Kier molecular flexibility index (Phi) is 6.88. The SMILES string of the molecule is C=CCN(C(=O)CSc1nc(C)c(C)n1CC(C)C)c1ccccc1. The summed E-state index contributed by atoms with van der Waals surface area (Å²) in [7, 11) is 0. The number of anilines is 1. The summed E-state index contributed by atoms with van der Waals surface area (Å²) >= 11 is 1.51. The van der Waals surface area contributed by atoms with Crippen molar-refractivity contribution in [1.82, 2.24) is 9.55 Å². The molecule has 134 valence electrons. The van der Waals surface area contributed by atoms with Crippen molar-refractivity contribution in [2.24, 2.45) is 5.92 Å².